The Labute approximate surface area is 277 Å². The molecule has 0 aliphatic carbocycles. The molecular weight excluding hydrogens is 705 g/mol. The third kappa shape index (κ3) is 19.2. The fourth-order valence-corrected chi connectivity index (χ4v) is 7.02. The van der Waals surface area contributed by atoms with Gasteiger partial charge in [0.2, 0.25) is 5.91 Å². The van der Waals surface area contributed by atoms with Crippen LogP contribution < -0.4 is 48.2 Å². The van der Waals surface area contributed by atoms with E-state index in [2.05, 4.69) is 26.6 Å². The van der Waals surface area contributed by atoms with Gasteiger partial charge < -0.3 is 30.2 Å². The number of ether oxygens (including phenoxy) is 3. The van der Waals surface area contributed by atoms with Crippen LogP contribution >= 0.6 is 11.8 Å². The molecule has 2 fully saturated rings. The minimum absolute atomic E-state index is 0.0250. The molecule has 0 spiro atoms. The number of urea groups is 1. The molecule has 3 atom stereocenters. The standard InChI is InChI=1S/C29H53IN5O8S/c1-30-43-17-7-14-33-27(38)11-4-10-26(37)32-13-6-16-41-19-21-42-20-18-40-15-5-12-31-25(36)9-3-2-8-24-28-23(22-44-24)34-29(39)35-28/h23-24,28H,2-22H2,1H3,(H,31,36)(H,32,37)(H,33,38)(H2,34,35,39)/q-1/t23-,24-,28-/m0/s1. The van der Waals surface area contributed by atoms with Gasteiger partial charge in [-0.1, -0.05) is 6.42 Å². The number of fused-ring (bicyclic) bond motifs is 1. The number of nitrogens with one attached hydrogen (secondary N) is 5. The summed E-state index contributed by atoms with van der Waals surface area (Å²) >= 11 is 1.75. The number of hydrogen-bond donors (Lipinski definition) is 5. The average molecular weight is 759 g/mol. The summed E-state index contributed by atoms with van der Waals surface area (Å²) < 4.78 is 21.9. The summed E-state index contributed by atoms with van der Waals surface area (Å²) in [4.78, 5) is 49.1. The number of rotatable bonds is 28. The number of unbranched alkanes of at least 4 members (excludes halogenated alkanes) is 1. The van der Waals surface area contributed by atoms with Gasteiger partial charge in [-0.05, 0) is 25.7 Å². The van der Waals surface area contributed by atoms with Crippen LogP contribution in [-0.4, -0.2) is 118 Å². The topological polar surface area (TPSA) is 165 Å². The third-order valence-electron chi connectivity index (χ3n) is 7.04. The number of carbonyl (C=O) groups is 4. The van der Waals surface area contributed by atoms with Crippen LogP contribution in [-0.2, 0) is 31.7 Å². The molecule has 0 radical (unpaired) electrons. The normalized spacial score (nSPS) is 18.9. The fourth-order valence-electron chi connectivity index (χ4n) is 4.73. The van der Waals surface area contributed by atoms with Crippen LogP contribution in [0.3, 0.4) is 0 Å². The zero-order chi connectivity index (χ0) is 31.7. The van der Waals surface area contributed by atoms with Gasteiger partial charge in [0.05, 0.1) is 38.5 Å². The smallest absolute Gasteiger partial charge is 0.379 e. The number of halogens is 1. The van der Waals surface area contributed by atoms with Crippen molar-refractivity contribution in [3.63, 3.8) is 0 Å². The Morgan fingerprint density at radius 3 is 1.82 bits per heavy atom. The van der Waals surface area contributed by atoms with E-state index in [0.717, 1.165) is 37.9 Å². The Morgan fingerprint density at radius 1 is 0.727 bits per heavy atom. The first kappa shape index (κ1) is 38.8. The number of hydrogen-bond acceptors (Lipinski definition) is 9. The molecule has 0 aromatic heterocycles. The monoisotopic (exact) mass is 758 g/mol. The van der Waals surface area contributed by atoms with E-state index in [0.29, 0.717) is 103 Å². The second-order valence-electron chi connectivity index (χ2n) is 10.6. The molecule has 2 rings (SSSR count). The molecule has 5 N–H and O–H groups in total. The van der Waals surface area contributed by atoms with Gasteiger partial charge in [-0.3, -0.25) is 4.79 Å². The van der Waals surface area contributed by atoms with E-state index >= 15 is 0 Å². The fraction of sp³-hybridized carbons (Fsp3) is 0.862. The quantitative estimate of drug-likeness (QED) is 0.0266. The molecule has 0 saturated carbocycles. The number of alkyl halides is 1. The summed E-state index contributed by atoms with van der Waals surface area (Å²) in [6, 6.07) is 0.417. The first-order chi connectivity index (χ1) is 21.5. The first-order valence-electron chi connectivity index (χ1n) is 15.8. The predicted molar refractivity (Wildman–Crippen MR) is 165 cm³/mol. The molecule has 2 heterocycles. The van der Waals surface area contributed by atoms with Gasteiger partial charge in [0.25, 0.3) is 0 Å². The second kappa shape index (κ2) is 25.8. The summed E-state index contributed by atoms with van der Waals surface area (Å²) in [6.45, 7) is 5.49. The number of carbonyl (C=O) groups excluding carboxylic acids is 4. The number of amides is 5. The van der Waals surface area contributed by atoms with Gasteiger partial charge in [-0.2, -0.15) is 11.8 Å². The zero-order valence-electron chi connectivity index (χ0n) is 26.1. The molecule has 0 aromatic carbocycles. The SMILES string of the molecule is C[I-]OCCCNC(=O)CCCC(=O)NCCCOCCOCCOCCCNC(=O)CCCC[C@@H]1SC[C@@H]2NC(=O)N[C@@H]21. The van der Waals surface area contributed by atoms with Crippen molar-refractivity contribution in [3.05, 3.63) is 0 Å². The molecule has 44 heavy (non-hydrogen) atoms. The Bertz CT molecular complexity index is 831. The van der Waals surface area contributed by atoms with Crippen molar-refractivity contribution in [1.29, 1.82) is 0 Å². The second-order valence-corrected chi connectivity index (χ2v) is 13.4. The van der Waals surface area contributed by atoms with Crippen molar-refractivity contribution in [1.82, 2.24) is 26.6 Å². The molecule has 2 aliphatic rings. The minimum Gasteiger partial charge on any atom is -0.379 e. The Balaban J connectivity index is 1.24. The van der Waals surface area contributed by atoms with Crippen LogP contribution in [0.25, 0.3) is 0 Å². The molecule has 2 aliphatic heterocycles. The van der Waals surface area contributed by atoms with E-state index in [9.17, 15) is 19.2 Å². The van der Waals surface area contributed by atoms with E-state index in [4.69, 9.17) is 17.3 Å². The van der Waals surface area contributed by atoms with Gasteiger partial charge in [-0.25, -0.2) is 4.79 Å². The summed E-state index contributed by atoms with van der Waals surface area (Å²) in [6.07, 6.45) is 6.90. The number of thioether (sulfide) groups is 1. The van der Waals surface area contributed by atoms with Crippen LogP contribution in [0.4, 0.5) is 4.79 Å². The Morgan fingerprint density at radius 2 is 1.25 bits per heavy atom. The van der Waals surface area contributed by atoms with Crippen LogP contribution in [0.5, 0.6) is 0 Å². The van der Waals surface area contributed by atoms with Crippen molar-refractivity contribution in [2.45, 2.75) is 81.5 Å². The van der Waals surface area contributed by atoms with Crippen LogP contribution in [0.15, 0.2) is 0 Å². The van der Waals surface area contributed by atoms with Gasteiger partial charge >= 0.3 is 113 Å². The first-order valence-corrected chi connectivity index (χ1v) is 19.9. The van der Waals surface area contributed by atoms with E-state index in [1.165, 1.54) is 0 Å². The summed E-state index contributed by atoms with van der Waals surface area (Å²) in [5.74, 6) is 0.963. The minimum atomic E-state index is -0.154. The predicted octanol–water partition coefficient (Wildman–Crippen LogP) is -1.90. The van der Waals surface area contributed by atoms with Crippen molar-refractivity contribution >= 4 is 35.5 Å². The Kier molecular flexibility index (Phi) is 22.7. The van der Waals surface area contributed by atoms with Crippen molar-refractivity contribution in [3.8, 4) is 0 Å². The van der Waals surface area contributed by atoms with Crippen molar-refractivity contribution < 1.29 is 58.1 Å². The van der Waals surface area contributed by atoms with Crippen molar-refractivity contribution in [2.24, 2.45) is 0 Å². The molecule has 0 unspecified atom stereocenters. The zero-order valence-corrected chi connectivity index (χ0v) is 29.1. The van der Waals surface area contributed by atoms with Crippen LogP contribution in [0.2, 0.25) is 0 Å². The molecule has 0 aromatic rings. The molecular formula is C29H53IN5O8S-. The third-order valence-corrected chi connectivity index (χ3v) is 9.61. The summed E-state index contributed by atoms with van der Waals surface area (Å²) in [7, 11) is 0. The van der Waals surface area contributed by atoms with Gasteiger partial charge in [0.1, 0.15) is 0 Å². The Hall–Kier alpha value is -1.40. The maximum atomic E-state index is 12.0. The van der Waals surface area contributed by atoms with Gasteiger partial charge in [-0.15, -0.1) is 0 Å². The molecule has 0 bridgehead atoms. The average Bonchev–Trinajstić information content (AvgIpc) is 3.56. The van der Waals surface area contributed by atoms with E-state index in [1.54, 1.807) is 0 Å². The van der Waals surface area contributed by atoms with Crippen LogP contribution in [0.1, 0.15) is 64.2 Å². The van der Waals surface area contributed by atoms with Gasteiger partial charge in [0, 0.05) is 37.2 Å². The van der Waals surface area contributed by atoms with Gasteiger partial charge in [0.15, 0.2) is 0 Å². The van der Waals surface area contributed by atoms with E-state index in [-0.39, 0.29) is 57.5 Å². The molecule has 5 amide bonds. The van der Waals surface area contributed by atoms with E-state index in [1.807, 2.05) is 16.7 Å². The van der Waals surface area contributed by atoms with Crippen molar-refractivity contribution in [2.75, 3.05) is 76.6 Å². The molecule has 2 saturated heterocycles. The maximum absolute atomic E-state index is 12.0. The molecule has 13 nitrogen and oxygen atoms in total. The molecule has 256 valence electrons. The van der Waals surface area contributed by atoms with E-state index < -0.39 is 0 Å². The van der Waals surface area contributed by atoms with Crippen LogP contribution in [0, 0.1) is 0 Å². The summed E-state index contributed by atoms with van der Waals surface area (Å²) in [5.41, 5.74) is 0. The molecule has 15 heteroatoms. The summed E-state index contributed by atoms with van der Waals surface area (Å²) in [5, 5.41) is 15.0.